The Morgan fingerprint density at radius 1 is 1.19 bits per heavy atom. The minimum Gasteiger partial charge on any atom is -0.299 e. The molecule has 1 unspecified atom stereocenters. The molecule has 3 saturated heterocycles. The number of rotatable bonds is 3. The number of ketones is 1. The molecule has 4 rings (SSSR count). The molecule has 0 amide bonds. The summed E-state index contributed by atoms with van der Waals surface area (Å²) in [7, 11) is 0. The van der Waals surface area contributed by atoms with Crippen LogP contribution in [0, 0.1) is 0 Å². The van der Waals surface area contributed by atoms with Gasteiger partial charge in [-0.15, -0.1) is 0 Å². The Labute approximate surface area is 121 Å². The number of hydrogen-bond donors (Lipinski definition) is 0. The third kappa shape index (κ3) is 3.11. The second kappa shape index (κ2) is 5.42. The van der Waals surface area contributed by atoms with E-state index in [4.69, 9.17) is 0 Å². The zero-order valence-electron chi connectivity index (χ0n) is 11.6. The van der Waals surface area contributed by atoms with E-state index < -0.39 is 11.7 Å². The molecule has 6 heteroatoms. The molecule has 1 atom stereocenters. The molecule has 3 nitrogen and oxygen atoms in total. The Balaban J connectivity index is 1.70. The third-order valence-corrected chi connectivity index (χ3v) is 4.28. The summed E-state index contributed by atoms with van der Waals surface area (Å²) in [4.78, 5) is 16.8. The topological polar surface area (TPSA) is 23.6 Å². The quantitative estimate of drug-likeness (QED) is 0.850. The maximum atomic E-state index is 12.7. The Kier molecular flexibility index (Phi) is 3.75. The molecule has 1 aromatic rings. The van der Waals surface area contributed by atoms with Crippen molar-refractivity contribution in [1.29, 1.82) is 0 Å². The third-order valence-electron chi connectivity index (χ3n) is 4.28. The second-order valence-electron chi connectivity index (χ2n) is 5.69. The summed E-state index contributed by atoms with van der Waals surface area (Å²) in [6.45, 7) is 4.41. The van der Waals surface area contributed by atoms with Crippen molar-refractivity contribution in [1.82, 2.24) is 9.80 Å². The van der Waals surface area contributed by atoms with Crippen LogP contribution in [0.3, 0.4) is 0 Å². The Bertz CT molecular complexity index is 536. The fraction of sp³-hybridized carbons (Fsp3) is 0.533. The molecule has 3 fully saturated rings. The molecule has 0 N–H and O–H groups in total. The lowest BCUT2D eigenvalue weighted by atomic mass is 9.97. The average molecular weight is 298 g/mol. The number of carbonyl (C=O) groups is 1. The van der Waals surface area contributed by atoms with Crippen molar-refractivity contribution in [3.8, 4) is 0 Å². The highest BCUT2D eigenvalue weighted by atomic mass is 19.4. The SMILES string of the molecule is O=C(Cc1cccc(C(F)(F)F)c1)C1CN2CCN1CC2. The first-order valence-electron chi connectivity index (χ1n) is 7.09. The van der Waals surface area contributed by atoms with Gasteiger partial charge in [-0.05, 0) is 11.6 Å². The van der Waals surface area contributed by atoms with E-state index in [0.29, 0.717) is 12.1 Å². The highest BCUT2D eigenvalue weighted by Gasteiger charge is 2.36. The first-order chi connectivity index (χ1) is 9.93. The van der Waals surface area contributed by atoms with Crippen molar-refractivity contribution < 1.29 is 18.0 Å². The number of carbonyl (C=O) groups excluding carboxylic acids is 1. The predicted molar refractivity (Wildman–Crippen MR) is 72.0 cm³/mol. The van der Waals surface area contributed by atoms with E-state index in [9.17, 15) is 18.0 Å². The fourth-order valence-corrected chi connectivity index (χ4v) is 3.10. The molecule has 3 aliphatic heterocycles. The van der Waals surface area contributed by atoms with Gasteiger partial charge in [0.15, 0.2) is 5.78 Å². The largest absolute Gasteiger partial charge is 0.416 e. The van der Waals surface area contributed by atoms with Gasteiger partial charge in [-0.1, -0.05) is 18.2 Å². The summed E-state index contributed by atoms with van der Waals surface area (Å²) in [5, 5.41) is 0. The van der Waals surface area contributed by atoms with Crippen LogP contribution in [0.2, 0.25) is 0 Å². The predicted octanol–water partition coefficient (Wildman–Crippen LogP) is 1.82. The maximum absolute atomic E-state index is 12.7. The van der Waals surface area contributed by atoms with Crippen molar-refractivity contribution >= 4 is 5.78 Å². The van der Waals surface area contributed by atoms with E-state index in [0.717, 1.165) is 38.3 Å². The van der Waals surface area contributed by atoms with E-state index in [-0.39, 0.29) is 18.2 Å². The molecule has 0 spiro atoms. The van der Waals surface area contributed by atoms with E-state index in [2.05, 4.69) is 9.80 Å². The molecule has 0 aliphatic carbocycles. The van der Waals surface area contributed by atoms with Crippen molar-refractivity contribution in [3.05, 3.63) is 35.4 Å². The number of alkyl halides is 3. The van der Waals surface area contributed by atoms with E-state index >= 15 is 0 Å². The summed E-state index contributed by atoms with van der Waals surface area (Å²) in [5.74, 6) is 0.0127. The van der Waals surface area contributed by atoms with Crippen LogP contribution in [-0.2, 0) is 17.4 Å². The van der Waals surface area contributed by atoms with Gasteiger partial charge in [-0.2, -0.15) is 13.2 Å². The van der Waals surface area contributed by atoms with Crippen LogP contribution >= 0.6 is 0 Å². The molecule has 21 heavy (non-hydrogen) atoms. The van der Waals surface area contributed by atoms with Gasteiger partial charge in [0.25, 0.3) is 0 Å². The van der Waals surface area contributed by atoms with E-state index in [1.54, 1.807) is 6.07 Å². The number of hydrogen-bond acceptors (Lipinski definition) is 3. The summed E-state index contributed by atoms with van der Waals surface area (Å²) in [6.07, 6.45) is -4.29. The monoisotopic (exact) mass is 298 g/mol. The van der Waals surface area contributed by atoms with Crippen LogP contribution in [0.1, 0.15) is 11.1 Å². The Morgan fingerprint density at radius 2 is 1.90 bits per heavy atom. The summed E-state index contributed by atoms with van der Waals surface area (Å²) in [5.41, 5.74) is -0.255. The highest BCUT2D eigenvalue weighted by Crippen LogP contribution is 2.29. The van der Waals surface area contributed by atoms with Gasteiger partial charge in [0.2, 0.25) is 0 Å². The lowest BCUT2D eigenvalue weighted by molar-refractivity contribution is -0.137. The van der Waals surface area contributed by atoms with Crippen molar-refractivity contribution in [2.75, 3.05) is 32.7 Å². The highest BCUT2D eigenvalue weighted by molar-refractivity contribution is 5.86. The van der Waals surface area contributed by atoms with Crippen LogP contribution < -0.4 is 0 Å². The van der Waals surface area contributed by atoms with Gasteiger partial charge in [-0.25, -0.2) is 0 Å². The molecule has 1 aromatic carbocycles. The van der Waals surface area contributed by atoms with Crippen LogP contribution in [0.25, 0.3) is 0 Å². The van der Waals surface area contributed by atoms with Crippen LogP contribution in [-0.4, -0.2) is 54.3 Å². The van der Waals surface area contributed by atoms with Crippen LogP contribution in [0.4, 0.5) is 13.2 Å². The number of nitrogens with zero attached hydrogens (tertiary/aromatic N) is 2. The minimum absolute atomic E-state index is 0.0127. The van der Waals surface area contributed by atoms with Gasteiger partial charge in [0.05, 0.1) is 11.6 Å². The van der Waals surface area contributed by atoms with Gasteiger partial charge in [-0.3, -0.25) is 14.6 Å². The molecule has 2 bridgehead atoms. The lowest BCUT2D eigenvalue weighted by Crippen LogP contribution is -2.63. The Hall–Kier alpha value is -1.40. The molecular weight excluding hydrogens is 281 g/mol. The molecule has 0 saturated carbocycles. The summed E-state index contributed by atoms with van der Waals surface area (Å²) < 4.78 is 38.0. The first kappa shape index (κ1) is 14.5. The Morgan fingerprint density at radius 3 is 2.48 bits per heavy atom. The first-order valence-corrected chi connectivity index (χ1v) is 7.09. The minimum atomic E-state index is -4.36. The van der Waals surface area contributed by atoms with Crippen molar-refractivity contribution in [2.24, 2.45) is 0 Å². The molecular formula is C15H17F3N2O. The van der Waals surface area contributed by atoms with Gasteiger partial charge in [0.1, 0.15) is 0 Å². The lowest BCUT2D eigenvalue weighted by Gasteiger charge is -2.46. The standard InChI is InChI=1S/C15H17F3N2O/c16-15(17,18)12-3-1-2-11(8-12)9-14(21)13-10-19-4-6-20(13)7-5-19/h1-3,8,13H,4-7,9-10H2. The zero-order chi connectivity index (χ0) is 15.0. The van der Waals surface area contributed by atoms with E-state index in [1.807, 2.05) is 0 Å². The fourth-order valence-electron chi connectivity index (χ4n) is 3.10. The molecule has 0 radical (unpaired) electrons. The van der Waals surface area contributed by atoms with Crippen molar-refractivity contribution in [2.45, 2.75) is 18.6 Å². The summed E-state index contributed by atoms with van der Waals surface area (Å²) >= 11 is 0. The smallest absolute Gasteiger partial charge is 0.299 e. The number of benzene rings is 1. The van der Waals surface area contributed by atoms with Crippen LogP contribution in [0.5, 0.6) is 0 Å². The molecule has 0 aromatic heterocycles. The second-order valence-corrected chi connectivity index (χ2v) is 5.69. The zero-order valence-corrected chi connectivity index (χ0v) is 11.6. The normalized spacial score (nSPS) is 28.6. The van der Waals surface area contributed by atoms with Crippen molar-refractivity contribution in [3.63, 3.8) is 0 Å². The van der Waals surface area contributed by atoms with Crippen LogP contribution in [0.15, 0.2) is 24.3 Å². The van der Waals surface area contributed by atoms with Gasteiger partial charge in [0, 0.05) is 39.1 Å². The molecule has 114 valence electrons. The van der Waals surface area contributed by atoms with Gasteiger partial charge < -0.3 is 0 Å². The molecule has 3 aliphatic rings. The van der Waals surface area contributed by atoms with Gasteiger partial charge >= 0.3 is 6.18 Å². The number of fused-ring (bicyclic) bond motifs is 3. The number of piperazine rings is 3. The van der Waals surface area contributed by atoms with E-state index in [1.165, 1.54) is 6.07 Å². The molecule has 3 heterocycles. The number of halogens is 3. The average Bonchev–Trinajstić information content (AvgIpc) is 2.48. The summed E-state index contributed by atoms with van der Waals surface area (Å²) in [6, 6.07) is 4.90. The maximum Gasteiger partial charge on any atom is 0.416 e. The number of Topliss-reactive ketones (excluding diaryl/α,β-unsaturated/α-hetero) is 1.